The van der Waals surface area contributed by atoms with E-state index in [1.807, 2.05) is 13.8 Å². The second kappa shape index (κ2) is 4.45. The minimum Gasteiger partial charge on any atom is -0.381 e. The molecule has 1 fully saturated rings. The fourth-order valence-corrected chi connectivity index (χ4v) is 2.04. The number of aryl methyl sites for hydroxylation is 2. The Bertz CT molecular complexity index is 561. The number of nitrogens with zero attached hydrogens (tertiary/aromatic N) is 4. The lowest BCUT2D eigenvalue weighted by Gasteiger charge is -2.00. The number of aromatic nitrogens is 4. The van der Waals surface area contributed by atoms with Crippen molar-refractivity contribution in [1.82, 2.24) is 20.1 Å². The fourth-order valence-electron chi connectivity index (χ4n) is 2.04. The average molecular weight is 246 g/mol. The van der Waals surface area contributed by atoms with Crippen molar-refractivity contribution < 1.29 is 9.26 Å². The highest BCUT2D eigenvalue weighted by atomic mass is 16.5. The van der Waals surface area contributed by atoms with Crippen molar-refractivity contribution in [1.29, 1.82) is 0 Å². The SMILES string of the molecule is Cc1ncc(-c2nc([C@H]3CCOC3)no2)c(C)n1. The Kier molecular flexibility index (Phi) is 2.79. The van der Waals surface area contributed by atoms with Gasteiger partial charge in [0, 0.05) is 18.7 Å². The summed E-state index contributed by atoms with van der Waals surface area (Å²) in [5.41, 5.74) is 1.64. The van der Waals surface area contributed by atoms with E-state index >= 15 is 0 Å². The van der Waals surface area contributed by atoms with Gasteiger partial charge in [0.15, 0.2) is 5.82 Å². The Morgan fingerprint density at radius 2 is 2.17 bits per heavy atom. The highest BCUT2D eigenvalue weighted by molar-refractivity contribution is 5.54. The molecule has 0 bridgehead atoms. The van der Waals surface area contributed by atoms with Crippen molar-refractivity contribution in [2.24, 2.45) is 0 Å². The number of ether oxygens (including phenoxy) is 1. The standard InChI is InChI=1S/C12H14N4O2/c1-7-10(5-13-8(2)14-7)12-15-11(16-18-12)9-3-4-17-6-9/h5,9H,3-4,6H2,1-2H3/t9-/m0/s1. The summed E-state index contributed by atoms with van der Waals surface area (Å²) in [6.45, 7) is 5.20. The molecule has 6 heteroatoms. The minimum atomic E-state index is 0.245. The second-order valence-corrected chi connectivity index (χ2v) is 4.43. The third-order valence-corrected chi connectivity index (χ3v) is 3.07. The van der Waals surface area contributed by atoms with Crippen molar-refractivity contribution in [3.05, 3.63) is 23.5 Å². The van der Waals surface area contributed by atoms with Crippen LogP contribution in [0.25, 0.3) is 11.5 Å². The van der Waals surface area contributed by atoms with Gasteiger partial charge in [-0.15, -0.1) is 0 Å². The Hall–Kier alpha value is -1.82. The molecule has 0 saturated carbocycles. The van der Waals surface area contributed by atoms with Crippen LogP contribution in [0.5, 0.6) is 0 Å². The smallest absolute Gasteiger partial charge is 0.261 e. The van der Waals surface area contributed by atoms with Gasteiger partial charge in [-0.1, -0.05) is 5.16 Å². The number of hydrogen-bond donors (Lipinski definition) is 0. The molecule has 0 radical (unpaired) electrons. The quantitative estimate of drug-likeness (QED) is 0.802. The van der Waals surface area contributed by atoms with Gasteiger partial charge in [0.25, 0.3) is 5.89 Å². The van der Waals surface area contributed by atoms with E-state index in [4.69, 9.17) is 9.26 Å². The molecular weight excluding hydrogens is 232 g/mol. The van der Waals surface area contributed by atoms with Gasteiger partial charge in [-0.3, -0.25) is 0 Å². The molecule has 0 unspecified atom stereocenters. The van der Waals surface area contributed by atoms with E-state index in [0.29, 0.717) is 18.3 Å². The predicted octanol–water partition coefficient (Wildman–Crippen LogP) is 1.65. The maximum atomic E-state index is 5.32. The molecule has 2 aromatic rings. The van der Waals surface area contributed by atoms with Gasteiger partial charge in [0.05, 0.1) is 17.9 Å². The Morgan fingerprint density at radius 1 is 1.28 bits per heavy atom. The summed E-state index contributed by atoms with van der Waals surface area (Å²) in [6.07, 6.45) is 2.67. The largest absolute Gasteiger partial charge is 0.381 e. The van der Waals surface area contributed by atoms with Crippen LogP contribution in [-0.4, -0.2) is 33.3 Å². The molecule has 6 nitrogen and oxygen atoms in total. The molecule has 18 heavy (non-hydrogen) atoms. The van der Waals surface area contributed by atoms with Crippen molar-refractivity contribution >= 4 is 0 Å². The molecule has 1 atom stereocenters. The van der Waals surface area contributed by atoms with Gasteiger partial charge in [0.2, 0.25) is 0 Å². The molecule has 3 rings (SSSR count). The lowest BCUT2D eigenvalue weighted by atomic mass is 10.1. The summed E-state index contributed by atoms with van der Waals surface area (Å²) in [6, 6.07) is 0. The number of rotatable bonds is 2. The van der Waals surface area contributed by atoms with Gasteiger partial charge < -0.3 is 9.26 Å². The molecule has 1 saturated heterocycles. The van der Waals surface area contributed by atoms with Crippen molar-refractivity contribution in [2.45, 2.75) is 26.2 Å². The highest BCUT2D eigenvalue weighted by Crippen LogP contribution is 2.26. The average Bonchev–Trinajstić information content (AvgIpc) is 2.99. The zero-order valence-electron chi connectivity index (χ0n) is 10.4. The van der Waals surface area contributed by atoms with Crippen molar-refractivity contribution in [3.8, 4) is 11.5 Å². The summed E-state index contributed by atoms with van der Waals surface area (Å²) in [5.74, 6) is 2.17. The van der Waals surface area contributed by atoms with Crippen LogP contribution < -0.4 is 0 Å². The van der Waals surface area contributed by atoms with Crippen molar-refractivity contribution in [2.75, 3.05) is 13.2 Å². The lowest BCUT2D eigenvalue weighted by molar-refractivity contribution is 0.192. The molecule has 0 aliphatic carbocycles. The summed E-state index contributed by atoms with van der Waals surface area (Å²) >= 11 is 0. The van der Waals surface area contributed by atoms with Crippen LogP contribution in [0.1, 0.15) is 29.7 Å². The summed E-state index contributed by atoms with van der Waals surface area (Å²) in [4.78, 5) is 12.9. The first kappa shape index (κ1) is 11.3. The van der Waals surface area contributed by atoms with Gasteiger partial charge >= 0.3 is 0 Å². The van der Waals surface area contributed by atoms with Gasteiger partial charge in [-0.05, 0) is 20.3 Å². The van der Waals surface area contributed by atoms with E-state index < -0.39 is 0 Å². The van der Waals surface area contributed by atoms with E-state index in [0.717, 1.165) is 30.1 Å². The summed E-state index contributed by atoms with van der Waals surface area (Å²) in [5, 5.41) is 4.02. The molecule has 0 N–H and O–H groups in total. The van der Waals surface area contributed by atoms with Gasteiger partial charge in [-0.2, -0.15) is 4.98 Å². The summed E-state index contributed by atoms with van der Waals surface area (Å²) in [7, 11) is 0. The molecule has 3 heterocycles. The lowest BCUT2D eigenvalue weighted by Crippen LogP contribution is -2.00. The van der Waals surface area contributed by atoms with E-state index in [1.54, 1.807) is 6.20 Å². The second-order valence-electron chi connectivity index (χ2n) is 4.43. The maximum absolute atomic E-state index is 5.32. The maximum Gasteiger partial charge on any atom is 0.261 e. The third kappa shape index (κ3) is 1.99. The molecule has 0 aromatic carbocycles. The summed E-state index contributed by atoms with van der Waals surface area (Å²) < 4.78 is 10.6. The van der Waals surface area contributed by atoms with Crippen LogP contribution in [0.15, 0.2) is 10.7 Å². The normalized spacial score (nSPS) is 19.3. The Balaban J connectivity index is 1.92. The van der Waals surface area contributed by atoms with E-state index in [-0.39, 0.29) is 5.92 Å². The monoisotopic (exact) mass is 246 g/mol. The molecule has 0 spiro atoms. The first-order valence-corrected chi connectivity index (χ1v) is 5.96. The van der Waals surface area contributed by atoms with Gasteiger partial charge in [0.1, 0.15) is 5.82 Å². The van der Waals surface area contributed by atoms with Crippen molar-refractivity contribution in [3.63, 3.8) is 0 Å². The van der Waals surface area contributed by atoms with E-state index in [9.17, 15) is 0 Å². The molecule has 0 amide bonds. The van der Waals surface area contributed by atoms with Gasteiger partial charge in [-0.25, -0.2) is 9.97 Å². The molecule has 1 aliphatic rings. The third-order valence-electron chi connectivity index (χ3n) is 3.07. The van der Waals surface area contributed by atoms with Crippen LogP contribution in [-0.2, 0) is 4.74 Å². The molecule has 94 valence electrons. The first-order valence-electron chi connectivity index (χ1n) is 5.96. The van der Waals surface area contributed by atoms with E-state index in [2.05, 4.69) is 20.1 Å². The van der Waals surface area contributed by atoms with Crippen LogP contribution >= 0.6 is 0 Å². The zero-order valence-corrected chi connectivity index (χ0v) is 10.4. The van der Waals surface area contributed by atoms with E-state index in [1.165, 1.54) is 0 Å². The molecule has 1 aliphatic heterocycles. The molecular formula is C12H14N4O2. The fraction of sp³-hybridized carbons (Fsp3) is 0.500. The van der Waals surface area contributed by atoms with Crippen LogP contribution in [0.3, 0.4) is 0 Å². The highest BCUT2D eigenvalue weighted by Gasteiger charge is 2.24. The topological polar surface area (TPSA) is 73.9 Å². The Morgan fingerprint density at radius 3 is 2.89 bits per heavy atom. The molecule has 2 aromatic heterocycles. The zero-order chi connectivity index (χ0) is 12.5. The minimum absolute atomic E-state index is 0.245. The predicted molar refractivity (Wildman–Crippen MR) is 63.0 cm³/mol. The van der Waals surface area contributed by atoms with Crippen LogP contribution in [0.2, 0.25) is 0 Å². The Labute approximate surface area is 104 Å². The first-order chi connectivity index (χ1) is 8.74. The number of hydrogen-bond acceptors (Lipinski definition) is 6. The van der Waals surface area contributed by atoms with Crippen LogP contribution in [0, 0.1) is 13.8 Å². The van der Waals surface area contributed by atoms with Crippen LogP contribution in [0.4, 0.5) is 0 Å².